The number of benzene rings is 3. The van der Waals surface area contributed by atoms with Crippen molar-refractivity contribution in [3.05, 3.63) is 101 Å². The summed E-state index contributed by atoms with van der Waals surface area (Å²) < 4.78 is 0. The molecule has 1 aliphatic rings. The molecular formula is C26H24ClN3O3. The first-order valence-electron chi connectivity index (χ1n) is 10.8. The Bertz CT molecular complexity index is 1160. The van der Waals surface area contributed by atoms with Crippen LogP contribution in [0.5, 0.6) is 0 Å². The molecule has 3 aromatic carbocycles. The van der Waals surface area contributed by atoms with Gasteiger partial charge in [-0.2, -0.15) is 0 Å². The number of para-hydroxylation sites is 1. The van der Waals surface area contributed by atoms with E-state index < -0.39 is 0 Å². The molecule has 168 valence electrons. The summed E-state index contributed by atoms with van der Waals surface area (Å²) in [6.45, 7) is 2.31. The first-order valence-corrected chi connectivity index (χ1v) is 11.2. The molecule has 0 aromatic heterocycles. The molecule has 1 N–H and O–H groups in total. The number of ketones is 1. The lowest BCUT2D eigenvalue weighted by atomic mass is 9.97. The lowest BCUT2D eigenvalue weighted by Crippen LogP contribution is -2.50. The molecule has 1 aliphatic heterocycles. The fourth-order valence-electron chi connectivity index (χ4n) is 3.85. The maximum absolute atomic E-state index is 13.2. The van der Waals surface area contributed by atoms with Crippen LogP contribution in [-0.4, -0.2) is 60.1 Å². The molecule has 0 bridgehead atoms. The number of rotatable bonds is 6. The number of carbonyl (C=O) groups is 3. The molecule has 0 atom stereocenters. The number of nitrogens with zero attached hydrogens (tertiary/aromatic N) is 2. The molecule has 1 heterocycles. The van der Waals surface area contributed by atoms with E-state index >= 15 is 0 Å². The van der Waals surface area contributed by atoms with E-state index in [0.717, 1.165) is 0 Å². The highest BCUT2D eigenvalue weighted by Crippen LogP contribution is 2.21. The monoisotopic (exact) mass is 461 g/mol. The lowest BCUT2D eigenvalue weighted by molar-refractivity contribution is -0.117. The second kappa shape index (κ2) is 10.4. The number of hydrogen-bond acceptors (Lipinski definition) is 4. The van der Waals surface area contributed by atoms with Crippen LogP contribution >= 0.6 is 11.6 Å². The molecular weight excluding hydrogens is 438 g/mol. The number of piperazine rings is 1. The van der Waals surface area contributed by atoms with E-state index in [0.29, 0.717) is 53.6 Å². The number of nitrogens with one attached hydrogen (secondary N) is 1. The summed E-state index contributed by atoms with van der Waals surface area (Å²) in [5.74, 6) is -0.494. The summed E-state index contributed by atoms with van der Waals surface area (Å²) in [7, 11) is 0. The zero-order valence-electron chi connectivity index (χ0n) is 18.0. The minimum atomic E-state index is -0.172. The zero-order chi connectivity index (χ0) is 23.2. The van der Waals surface area contributed by atoms with Crippen molar-refractivity contribution in [3.63, 3.8) is 0 Å². The van der Waals surface area contributed by atoms with Crippen molar-refractivity contribution >= 4 is 34.9 Å². The molecule has 33 heavy (non-hydrogen) atoms. The Kier molecular flexibility index (Phi) is 7.17. The Labute approximate surface area is 197 Å². The second-order valence-electron chi connectivity index (χ2n) is 7.84. The highest BCUT2D eigenvalue weighted by atomic mass is 35.5. The third-order valence-corrected chi connectivity index (χ3v) is 5.94. The molecule has 4 rings (SSSR count). The molecule has 3 aromatic rings. The maximum atomic E-state index is 13.2. The quantitative estimate of drug-likeness (QED) is 0.564. The van der Waals surface area contributed by atoms with Crippen LogP contribution in [0, 0.1) is 0 Å². The molecule has 0 unspecified atom stereocenters. The summed E-state index contributed by atoms with van der Waals surface area (Å²) in [6.07, 6.45) is 0. The Balaban J connectivity index is 1.37. The molecule has 1 fully saturated rings. The predicted molar refractivity (Wildman–Crippen MR) is 129 cm³/mol. The SMILES string of the molecule is O=C(CN1CCN(C(=O)c2ccccc2C(=O)c2ccccc2)CC1)Nc1ccccc1Cl. The van der Waals surface area contributed by atoms with Crippen LogP contribution in [0.15, 0.2) is 78.9 Å². The molecule has 7 heteroatoms. The standard InChI is InChI=1S/C26H24ClN3O3/c27-22-12-6-7-13-23(22)28-24(31)18-29-14-16-30(17-15-29)26(33)21-11-5-4-10-20(21)25(32)19-8-2-1-3-9-19/h1-13H,14-18H2,(H,28,31). The minimum absolute atomic E-state index is 0.151. The summed E-state index contributed by atoms with van der Waals surface area (Å²) in [5, 5.41) is 3.31. The molecule has 6 nitrogen and oxygen atoms in total. The zero-order valence-corrected chi connectivity index (χ0v) is 18.8. The van der Waals surface area contributed by atoms with Crippen molar-refractivity contribution in [2.45, 2.75) is 0 Å². The number of halogens is 1. The van der Waals surface area contributed by atoms with Gasteiger partial charge in [0.25, 0.3) is 5.91 Å². The topological polar surface area (TPSA) is 69.7 Å². The second-order valence-corrected chi connectivity index (χ2v) is 8.24. The molecule has 0 radical (unpaired) electrons. The Hall–Kier alpha value is -3.48. The molecule has 2 amide bonds. The Morgan fingerprint density at radius 3 is 2.06 bits per heavy atom. The van der Waals surface area contributed by atoms with Crippen molar-refractivity contribution in [2.75, 3.05) is 38.0 Å². The third-order valence-electron chi connectivity index (χ3n) is 5.61. The van der Waals surface area contributed by atoms with Gasteiger partial charge in [0.2, 0.25) is 5.91 Å². The summed E-state index contributed by atoms with van der Waals surface area (Å²) in [4.78, 5) is 42.3. The van der Waals surface area contributed by atoms with Crippen LogP contribution in [0.4, 0.5) is 5.69 Å². The third kappa shape index (κ3) is 5.48. The molecule has 0 spiro atoms. The van der Waals surface area contributed by atoms with Crippen LogP contribution in [0.25, 0.3) is 0 Å². The van der Waals surface area contributed by atoms with Gasteiger partial charge in [-0.05, 0) is 18.2 Å². The van der Waals surface area contributed by atoms with Crippen LogP contribution in [-0.2, 0) is 4.79 Å². The highest BCUT2D eigenvalue weighted by Gasteiger charge is 2.26. The van der Waals surface area contributed by atoms with Crippen LogP contribution in [0.3, 0.4) is 0 Å². The van der Waals surface area contributed by atoms with E-state index in [1.165, 1.54) is 0 Å². The molecule has 0 aliphatic carbocycles. The predicted octanol–water partition coefficient (Wildman–Crippen LogP) is 3.97. The fraction of sp³-hybridized carbons (Fsp3) is 0.192. The van der Waals surface area contributed by atoms with E-state index in [-0.39, 0.29) is 24.1 Å². The van der Waals surface area contributed by atoms with Gasteiger partial charge in [0.05, 0.1) is 22.8 Å². The van der Waals surface area contributed by atoms with Gasteiger partial charge in [-0.3, -0.25) is 19.3 Å². The van der Waals surface area contributed by atoms with Gasteiger partial charge >= 0.3 is 0 Å². The summed E-state index contributed by atoms with van der Waals surface area (Å²) >= 11 is 6.10. The van der Waals surface area contributed by atoms with Crippen molar-refractivity contribution in [1.82, 2.24) is 9.80 Å². The Morgan fingerprint density at radius 1 is 0.758 bits per heavy atom. The summed E-state index contributed by atoms with van der Waals surface area (Å²) in [6, 6.07) is 23.0. The van der Waals surface area contributed by atoms with Gasteiger partial charge in [-0.1, -0.05) is 72.3 Å². The van der Waals surface area contributed by atoms with E-state index in [2.05, 4.69) is 5.32 Å². The molecule has 0 saturated carbocycles. The van der Waals surface area contributed by atoms with Gasteiger partial charge in [-0.15, -0.1) is 0 Å². The van der Waals surface area contributed by atoms with E-state index in [4.69, 9.17) is 11.6 Å². The lowest BCUT2D eigenvalue weighted by Gasteiger charge is -2.34. The number of amides is 2. The van der Waals surface area contributed by atoms with Gasteiger partial charge < -0.3 is 10.2 Å². The largest absolute Gasteiger partial charge is 0.336 e. The summed E-state index contributed by atoms with van der Waals surface area (Å²) in [5.41, 5.74) is 1.93. The van der Waals surface area contributed by atoms with Crippen molar-refractivity contribution in [1.29, 1.82) is 0 Å². The van der Waals surface area contributed by atoms with Crippen LogP contribution < -0.4 is 5.32 Å². The average Bonchev–Trinajstić information content (AvgIpc) is 2.85. The average molecular weight is 462 g/mol. The number of carbonyl (C=O) groups excluding carboxylic acids is 3. The van der Waals surface area contributed by atoms with E-state index in [1.54, 1.807) is 71.6 Å². The van der Waals surface area contributed by atoms with Gasteiger partial charge in [0.1, 0.15) is 0 Å². The number of hydrogen-bond donors (Lipinski definition) is 1. The van der Waals surface area contributed by atoms with Gasteiger partial charge in [0, 0.05) is 37.3 Å². The van der Waals surface area contributed by atoms with E-state index in [9.17, 15) is 14.4 Å². The number of anilines is 1. The van der Waals surface area contributed by atoms with Crippen LogP contribution in [0.1, 0.15) is 26.3 Å². The smallest absolute Gasteiger partial charge is 0.254 e. The van der Waals surface area contributed by atoms with Crippen molar-refractivity contribution in [2.24, 2.45) is 0 Å². The first kappa shape index (κ1) is 22.7. The first-order chi connectivity index (χ1) is 16.0. The fourth-order valence-corrected chi connectivity index (χ4v) is 4.03. The maximum Gasteiger partial charge on any atom is 0.254 e. The van der Waals surface area contributed by atoms with Crippen molar-refractivity contribution in [3.8, 4) is 0 Å². The van der Waals surface area contributed by atoms with Gasteiger partial charge in [0.15, 0.2) is 5.78 Å². The van der Waals surface area contributed by atoms with Gasteiger partial charge in [-0.25, -0.2) is 0 Å². The minimum Gasteiger partial charge on any atom is -0.336 e. The van der Waals surface area contributed by atoms with Crippen molar-refractivity contribution < 1.29 is 14.4 Å². The normalized spacial score (nSPS) is 14.0. The van der Waals surface area contributed by atoms with E-state index in [1.807, 2.05) is 17.0 Å². The Morgan fingerprint density at radius 2 is 1.36 bits per heavy atom. The molecule has 1 saturated heterocycles. The van der Waals surface area contributed by atoms with Crippen LogP contribution in [0.2, 0.25) is 5.02 Å². The highest BCUT2D eigenvalue weighted by molar-refractivity contribution is 6.33.